The van der Waals surface area contributed by atoms with Gasteiger partial charge < -0.3 is 15.0 Å². The number of hydrogen-bond donors (Lipinski definition) is 2. The fraction of sp³-hybridized carbons (Fsp3) is 0.421. The number of halogens is 4. The number of likely N-dealkylation sites (tertiary alicyclic amines) is 1. The van der Waals surface area contributed by atoms with Crippen LogP contribution >= 0.6 is 11.6 Å². The van der Waals surface area contributed by atoms with Crippen molar-refractivity contribution in [2.75, 3.05) is 32.1 Å². The predicted molar refractivity (Wildman–Crippen MR) is 197 cm³/mol. The molecule has 1 aliphatic carbocycles. The van der Waals surface area contributed by atoms with Gasteiger partial charge in [-0.15, -0.1) is 0 Å². The highest BCUT2D eigenvalue weighted by molar-refractivity contribution is 6.32. The number of pyridine rings is 1. The van der Waals surface area contributed by atoms with Crippen LogP contribution in [0.25, 0.3) is 21.9 Å². The first kappa shape index (κ1) is 36.7. The van der Waals surface area contributed by atoms with Gasteiger partial charge in [-0.05, 0) is 92.9 Å². The Morgan fingerprint density at radius 1 is 1.07 bits per heavy atom. The number of piperidine rings is 2. The minimum absolute atomic E-state index is 0.134. The van der Waals surface area contributed by atoms with E-state index in [4.69, 9.17) is 21.4 Å². The van der Waals surface area contributed by atoms with Crippen molar-refractivity contribution >= 4 is 56.9 Å². The number of anilines is 1. The lowest BCUT2D eigenvalue weighted by atomic mass is 9.79. The van der Waals surface area contributed by atoms with Gasteiger partial charge in [-0.2, -0.15) is 18.3 Å². The lowest BCUT2D eigenvalue weighted by molar-refractivity contribution is -0.141. The van der Waals surface area contributed by atoms with E-state index in [1.807, 2.05) is 10.9 Å². The van der Waals surface area contributed by atoms with Crippen LogP contribution < -0.4 is 21.1 Å². The molecule has 5 heterocycles. The molecule has 3 fully saturated rings. The SMILES string of the molecule is COc1cc2nn([C@H]3C[C@H](CN4CCC(c5c(Cl)ccc6c5n(C)c(=O)n6C5CCC(=O)NC5=O)CC4)C3)cc2cc1NC(=O)c1cccc(C(F)(F)F)n1. The van der Waals surface area contributed by atoms with Gasteiger partial charge in [0.05, 0.1) is 35.4 Å². The van der Waals surface area contributed by atoms with Crippen LogP contribution in [0.5, 0.6) is 5.75 Å². The number of imidazole rings is 1. The number of alkyl halides is 3. The van der Waals surface area contributed by atoms with E-state index in [9.17, 15) is 32.3 Å². The molecule has 2 aliphatic heterocycles. The number of hydrogen-bond acceptors (Lipinski definition) is 8. The molecule has 0 radical (unpaired) electrons. The quantitative estimate of drug-likeness (QED) is 0.188. The summed E-state index contributed by atoms with van der Waals surface area (Å²) in [6, 6.07) is 9.56. The molecule has 3 aromatic heterocycles. The van der Waals surface area contributed by atoms with Gasteiger partial charge in [0.2, 0.25) is 11.8 Å². The molecular weight excluding hydrogens is 741 g/mol. The molecule has 17 heteroatoms. The molecular formula is C38H38ClF3N8O5. The third kappa shape index (κ3) is 6.86. The number of nitrogens with zero attached hydrogens (tertiary/aromatic N) is 6. The molecule has 0 spiro atoms. The molecule has 0 bridgehead atoms. The zero-order valence-corrected chi connectivity index (χ0v) is 30.8. The van der Waals surface area contributed by atoms with Gasteiger partial charge in [0, 0.05) is 42.7 Å². The summed E-state index contributed by atoms with van der Waals surface area (Å²) in [6.07, 6.45) is 1.28. The lowest BCUT2D eigenvalue weighted by Crippen LogP contribution is -2.44. The molecule has 2 aromatic carbocycles. The molecule has 1 unspecified atom stereocenters. The van der Waals surface area contributed by atoms with Gasteiger partial charge in [-0.3, -0.25) is 33.5 Å². The first-order valence-electron chi connectivity index (χ1n) is 18.2. The number of carbonyl (C=O) groups is 3. The van der Waals surface area contributed by atoms with Gasteiger partial charge in [0.1, 0.15) is 23.2 Å². The Morgan fingerprint density at radius 3 is 2.55 bits per heavy atom. The molecule has 55 heavy (non-hydrogen) atoms. The van der Waals surface area contributed by atoms with E-state index in [1.54, 1.807) is 35.9 Å². The third-order valence-electron chi connectivity index (χ3n) is 11.2. The summed E-state index contributed by atoms with van der Waals surface area (Å²) in [5.74, 6) is -0.667. The number of nitrogens with one attached hydrogen (secondary N) is 2. The zero-order valence-electron chi connectivity index (χ0n) is 30.0. The molecule has 1 saturated carbocycles. The Balaban J connectivity index is 0.899. The van der Waals surface area contributed by atoms with E-state index in [2.05, 4.69) is 20.5 Å². The highest BCUT2D eigenvalue weighted by Gasteiger charge is 2.36. The summed E-state index contributed by atoms with van der Waals surface area (Å²) < 4.78 is 49.9. The summed E-state index contributed by atoms with van der Waals surface area (Å²) in [7, 11) is 3.14. The first-order chi connectivity index (χ1) is 26.3. The Morgan fingerprint density at radius 2 is 1.84 bits per heavy atom. The molecule has 3 aliphatic rings. The van der Waals surface area contributed by atoms with Crippen molar-refractivity contribution in [3.05, 3.63) is 81.1 Å². The minimum atomic E-state index is -4.68. The second-order valence-corrected chi connectivity index (χ2v) is 15.1. The minimum Gasteiger partial charge on any atom is -0.494 e. The summed E-state index contributed by atoms with van der Waals surface area (Å²) in [6.45, 7) is 2.69. The third-order valence-corrected chi connectivity index (χ3v) is 11.5. The van der Waals surface area contributed by atoms with Gasteiger partial charge in [0.15, 0.2) is 0 Å². The number of fused-ring (bicyclic) bond motifs is 2. The average Bonchev–Trinajstić information content (AvgIpc) is 3.66. The van der Waals surface area contributed by atoms with Crippen LogP contribution in [-0.2, 0) is 22.8 Å². The van der Waals surface area contributed by atoms with Crippen molar-refractivity contribution in [1.82, 2.24) is 34.1 Å². The van der Waals surface area contributed by atoms with Crippen molar-refractivity contribution < 1.29 is 32.3 Å². The normalized spacial score (nSPS) is 21.2. The Hall–Kier alpha value is -5.22. The molecule has 2 N–H and O–H groups in total. The monoisotopic (exact) mass is 778 g/mol. The number of amides is 3. The lowest BCUT2D eigenvalue weighted by Gasteiger charge is -2.41. The Labute approximate surface area is 317 Å². The number of methoxy groups -OCH3 is 1. The van der Waals surface area contributed by atoms with Crippen molar-refractivity contribution in [2.45, 2.75) is 62.7 Å². The van der Waals surface area contributed by atoms with Crippen LogP contribution in [0.3, 0.4) is 0 Å². The summed E-state index contributed by atoms with van der Waals surface area (Å²) in [5, 5.41) is 11.1. The number of aryl methyl sites for hydroxylation is 1. The molecule has 3 amide bonds. The molecule has 8 rings (SSSR count). The number of ether oxygens (including phenoxy) is 1. The fourth-order valence-corrected chi connectivity index (χ4v) is 8.67. The van der Waals surface area contributed by atoms with Crippen LogP contribution in [0.1, 0.15) is 78.3 Å². The van der Waals surface area contributed by atoms with Crippen molar-refractivity contribution in [1.29, 1.82) is 0 Å². The second kappa shape index (κ2) is 14.1. The van der Waals surface area contributed by atoms with E-state index < -0.39 is 29.7 Å². The largest absolute Gasteiger partial charge is 0.494 e. The maximum atomic E-state index is 13.5. The van der Waals surface area contributed by atoms with E-state index >= 15 is 0 Å². The van der Waals surface area contributed by atoms with Gasteiger partial charge in [-0.1, -0.05) is 17.7 Å². The number of benzene rings is 2. The maximum absolute atomic E-state index is 13.5. The van der Waals surface area contributed by atoms with E-state index in [-0.39, 0.29) is 42.1 Å². The van der Waals surface area contributed by atoms with E-state index in [0.29, 0.717) is 33.4 Å². The molecule has 2 saturated heterocycles. The smallest absolute Gasteiger partial charge is 0.433 e. The Kier molecular flexibility index (Phi) is 9.44. The summed E-state index contributed by atoms with van der Waals surface area (Å²) >= 11 is 6.82. The second-order valence-electron chi connectivity index (χ2n) is 14.7. The zero-order chi connectivity index (χ0) is 38.8. The van der Waals surface area contributed by atoms with Crippen LogP contribution in [0.15, 0.2) is 53.5 Å². The maximum Gasteiger partial charge on any atom is 0.433 e. The van der Waals surface area contributed by atoms with Gasteiger partial charge in [0.25, 0.3) is 5.91 Å². The highest BCUT2D eigenvalue weighted by Crippen LogP contribution is 2.42. The van der Waals surface area contributed by atoms with Crippen LogP contribution in [0.4, 0.5) is 18.9 Å². The number of rotatable bonds is 8. The van der Waals surface area contributed by atoms with Crippen molar-refractivity contribution in [3.8, 4) is 5.75 Å². The summed E-state index contributed by atoms with van der Waals surface area (Å²) in [5.41, 5.74) is 1.42. The predicted octanol–water partition coefficient (Wildman–Crippen LogP) is 5.83. The van der Waals surface area contributed by atoms with Gasteiger partial charge >= 0.3 is 11.9 Å². The van der Waals surface area contributed by atoms with Crippen LogP contribution in [0.2, 0.25) is 5.02 Å². The fourth-order valence-electron chi connectivity index (χ4n) is 8.36. The number of aromatic nitrogens is 5. The molecule has 1 atom stereocenters. The first-order valence-corrected chi connectivity index (χ1v) is 18.5. The van der Waals surface area contributed by atoms with E-state index in [0.717, 1.165) is 73.9 Å². The molecule has 5 aromatic rings. The topological polar surface area (TPSA) is 145 Å². The molecule has 288 valence electrons. The van der Waals surface area contributed by atoms with Crippen molar-refractivity contribution in [3.63, 3.8) is 0 Å². The Bertz CT molecular complexity index is 2410. The van der Waals surface area contributed by atoms with Crippen molar-refractivity contribution in [2.24, 2.45) is 13.0 Å². The summed E-state index contributed by atoms with van der Waals surface area (Å²) in [4.78, 5) is 56.8. The molecule has 13 nitrogen and oxygen atoms in total. The standard InChI is InChI=1S/C38H38ClF3N8O5/c1-47-34-28(50(37(47)54)29-8-9-32(51)45-36(29)53)7-6-24(39)33(34)21-10-12-48(13-11-21)18-20-14-23(15-20)49-19-22-16-27(30(55-2)17-26(22)46-49)44-35(52)25-4-3-5-31(43-25)38(40,41)42/h3-7,16-17,19-21,23,29H,8-15,18H2,1-2H3,(H,44,52)(H,45,51,53)/t20-,23-,29?. The number of imide groups is 1. The highest BCUT2D eigenvalue weighted by atomic mass is 35.5. The van der Waals surface area contributed by atoms with Crippen LogP contribution in [-0.4, -0.2) is 73.3 Å². The van der Waals surface area contributed by atoms with E-state index in [1.165, 1.54) is 17.7 Å². The number of carbonyl (C=O) groups excluding carboxylic acids is 3. The average molecular weight is 779 g/mol. The van der Waals surface area contributed by atoms with Gasteiger partial charge in [-0.25, -0.2) is 9.78 Å². The van der Waals surface area contributed by atoms with Crippen LogP contribution in [0, 0.1) is 5.92 Å².